The molecule has 9 rings (SSSR count). The molecule has 0 aliphatic heterocycles. The molecule has 0 saturated carbocycles. The zero-order valence-electron chi connectivity index (χ0n) is 27.4. The van der Waals surface area contributed by atoms with Gasteiger partial charge in [0.05, 0.1) is 16.9 Å². The molecule has 5 nitrogen and oxygen atoms in total. The van der Waals surface area contributed by atoms with E-state index in [1.54, 1.807) is 0 Å². The first-order chi connectivity index (χ1) is 24.7. The molecule has 0 fully saturated rings. The summed E-state index contributed by atoms with van der Waals surface area (Å²) in [6, 6.07) is 58.5. The Labute approximate surface area is 290 Å². The zero-order valence-corrected chi connectivity index (χ0v) is 27.4. The molecular weight excluding hydrogens is 611 g/mol. The third-order valence-electron chi connectivity index (χ3n) is 9.24. The first-order valence-corrected chi connectivity index (χ1v) is 16.7. The minimum absolute atomic E-state index is 0.640. The van der Waals surface area contributed by atoms with Crippen molar-refractivity contribution in [2.45, 2.75) is 6.92 Å². The van der Waals surface area contributed by atoms with Gasteiger partial charge in [-0.3, -0.25) is 0 Å². The number of rotatable bonds is 6. The number of hydrogen-bond donors (Lipinski definition) is 0. The highest BCUT2D eigenvalue weighted by Gasteiger charge is 2.18. The van der Waals surface area contributed by atoms with E-state index in [9.17, 15) is 0 Å². The van der Waals surface area contributed by atoms with Gasteiger partial charge in [-0.15, -0.1) is 0 Å². The number of pyridine rings is 1. The van der Waals surface area contributed by atoms with Crippen molar-refractivity contribution in [3.8, 4) is 67.8 Å². The predicted molar refractivity (Wildman–Crippen MR) is 203 cm³/mol. The summed E-state index contributed by atoms with van der Waals surface area (Å²) >= 11 is 0. The monoisotopic (exact) mass is 641 g/mol. The lowest BCUT2D eigenvalue weighted by Crippen LogP contribution is -2.00. The number of hydrogen-bond acceptors (Lipinski definition) is 4. The summed E-state index contributed by atoms with van der Waals surface area (Å²) in [4.78, 5) is 14.7. The number of fused-ring (bicyclic) bond motifs is 3. The maximum atomic E-state index is 5.21. The molecule has 50 heavy (non-hydrogen) atoms. The van der Waals surface area contributed by atoms with Crippen LogP contribution in [-0.2, 0) is 0 Å². The predicted octanol–water partition coefficient (Wildman–Crippen LogP) is 11.0. The fourth-order valence-electron chi connectivity index (χ4n) is 6.70. The van der Waals surface area contributed by atoms with Gasteiger partial charge in [-0.25, -0.2) is 19.5 Å². The van der Waals surface area contributed by atoms with Crippen LogP contribution >= 0.6 is 0 Å². The Kier molecular flexibility index (Phi) is 7.29. The third kappa shape index (κ3) is 5.31. The van der Waals surface area contributed by atoms with Gasteiger partial charge in [-0.2, -0.15) is 5.10 Å². The summed E-state index contributed by atoms with van der Waals surface area (Å²) in [7, 11) is 0. The summed E-state index contributed by atoms with van der Waals surface area (Å²) < 4.78 is 2.12. The van der Waals surface area contributed by atoms with E-state index in [1.165, 1.54) is 5.39 Å². The van der Waals surface area contributed by atoms with Crippen molar-refractivity contribution in [3.05, 3.63) is 175 Å². The van der Waals surface area contributed by atoms with Crippen molar-refractivity contribution in [1.82, 2.24) is 24.6 Å². The molecule has 0 aliphatic carbocycles. The standard InChI is InChI=1S/C45H31N5/c1-30-41(33-16-8-3-9-17-33)49-50-40(32-14-6-2-7-15-32)29-38-27-26-37(28-39(38)42(30)50)31-22-24-36(25-23-31)45-47-43(34-18-10-4-11-19-34)46-44(48-45)35-20-12-5-13-21-35/h2-29H,1H3. The Hall–Kier alpha value is -6.72. The molecule has 236 valence electrons. The number of aromatic nitrogens is 5. The van der Waals surface area contributed by atoms with Crippen LogP contribution < -0.4 is 0 Å². The van der Waals surface area contributed by atoms with Crippen molar-refractivity contribution in [2.75, 3.05) is 0 Å². The smallest absolute Gasteiger partial charge is 0.164 e. The lowest BCUT2D eigenvalue weighted by molar-refractivity contribution is 0.979. The van der Waals surface area contributed by atoms with Crippen LogP contribution in [0.1, 0.15) is 5.56 Å². The Bertz CT molecular complexity index is 2560. The van der Waals surface area contributed by atoms with Crippen molar-refractivity contribution >= 4 is 16.3 Å². The largest absolute Gasteiger partial charge is 0.232 e. The van der Waals surface area contributed by atoms with Crippen molar-refractivity contribution in [1.29, 1.82) is 0 Å². The van der Waals surface area contributed by atoms with Crippen LogP contribution in [0, 0.1) is 6.92 Å². The van der Waals surface area contributed by atoms with Crippen LogP contribution in [0.4, 0.5) is 0 Å². The van der Waals surface area contributed by atoms with Gasteiger partial charge in [0, 0.05) is 38.8 Å². The summed E-state index contributed by atoms with van der Waals surface area (Å²) in [5, 5.41) is 7.55. The average Bonchev–Trinajstić information content (AvgIpc) is 3.55. The summed E-state index contributed by atoms with van der Waals surface area (Å²) in [5.74, 6) is 1.94. The van der Waals surface area contributed by atoms with Gasteiger partial charge in [0.15, 0.2) is 17.5 Å². The topological polar surface area (TPSA) is 56.0 Å². The maximum Gasteiger partial charge on any atom is 0.164 e. The molecule has 6 aromatic carbocycles. The Morgan fingerprint density at radius 1 is 0.400 bits per heavy atom. The second kappa shape index (κ2) is 12.4. The normalized spacial score (nSPS) is 11.3. The quantitative estimate of drug-likeness (QED) is 0.181. The molecule has 9 aromatic rings. The summed E-state index contributed by atoms with van der Waals surface area (Å²) in [6.45, 7) is 2.18. The summed E-state index contributed by atoms with van der Waals surface area (Å²) in [6.07, 6.45) is 0. The fourth-order valence-corrected chi connectivity index (χ4v) is 6.70. The first kappa shape index (κ1) is 29.4. The molecule has 0 saturated heterocycles. The summed E-state index contributed by atoms with van der Waals surface area (Å²) in [5.41, 5.74) is 11.7. The van der Waals surface area contributed by atoms with E-state index in [1.807, 2.05) is 72.8 Å². The van der Waals surface area contributed by atoms with Gasteiger partial charge < -0.3 is 0 Å². The van der Waals surface area contributed by atoms with E-state index in [2.05, 4.69) is 109 Å². The van der Waals surface area contributed by atoms with E-state index < -0.39 is 0 Å². The fraction of sp³-hybridized carbons (Fsp3) is 0.0222. The van der Waals surface area contributed by atoms with E-state index >= 15 is 0 Å². The molecule has 3 heterocycles. The number of aryl methyl sites for hydroxylation is 1. The van der Waals surface area contributed by atoms with Crippen molar-refractivity contribution in [3.63, 3.8) is 0 Å². The molecule has 0 aliphatic rings. The SMILES string of the molecule is Cc1c(-c2ccccc2)nn2c(-c3ccccc3)cc3ccc(-c4ccc(-c5nc(-c6ccccc6)nc(-c6ccccc6)n5)cc4)cc3c12. The van der Waals surface area contributed by atoms with Gasteiger partial charge in [0.2, 0.25) is 0 Å². The highest BCUT2D eigenvalue weighted by Crippen LogP contribution is 2.37. The molecule has 0 radical (unpaired) electrons. The molecule has 5 heteroatoms. The van der Waals surface area contributed by atoms with Crippen LogP contribution in [0.25, 0.3) is 84.1 Å². The van der Waals surface area contributed by atoms with Gasteiger partial charge in [0.1, 0.15) is 0 Å². The Morgan fingerprint density at radius 3 is 1.38 bits per heavy atom. The van der Waals surface area contributed by atoms with Crippen LogP contribution in [0.15, 0.2) is 170 Å². The zero-order chi connectivity index (χ0) is 33.4. The van der Waals surface area contributed by atoms with Crippen molar-refractivity contribution < 1.29 is 0 Å². The second-order valence-corrected chi connectivity index (χ2v) is 12.4. The molecule has 0 spiro atoms. The van der Waals surface area contributed by atoms with Gasteiger partial charge in [-0.05, 0) is 35.6 Å². The molecule has 3 aromatic heterocycles. The van der Waals surface area contributed by atoms with Crippen LogP contribution in [0.3, 0.4) is 0 Å². The third-order valence-corrected chi connectivity index (χ3v) is 9.24. The minimum atomic E-state index is 0.640. The molecule has 0 unspecified atom stereocenters. The molecule has 0 atom stereocenters. The van der Waals surface area contributed by atoms with Gasteiger partial charge in [0.25, 0.3) is 0 Å². The minimum Gasteiger partial charge on any atom is -0.232 e. The Balaban J connectivity index is 1.16. The molecule has 0 amide bonds. The average molecular weight is 642 g/mol. The number of benzene rings is 6. The highest BCUT2D eigenvalue weighted by molar-refractivity contribution is 6.03. The second-order valence-electron chi connectivity index (χ2n) is 12.4. The van der Waals surface area contributed by atoms with E-state index in [0.29, 0.717) is 17.5 Å². The van der Waals surface area contributed by atoms with Gasteiger partial charge >= 0.3 is 0 Å². The number of nitrogens with zero attached hydrogens (tertiary/aromatic N) is 5. The maximum absolute atomic E-state index is 5.21. The van der Waals surface area contributed by atoms with Crippen LogP contribution in [-0.4, -0.2) is 24.6 Å². The van der Waals surface area contributed by atoms with Gasteiger partial charge in [-0.1, -0.05) is 158 Å². The highest BCUT2D eigenvalue weighted by atomic mass is 15.2. The van der Waals surface area contributed by atoms with Crippen LogP contribution in [0.5, 0.6) is 0 Å². The van der Waals surface area contributed by atoms with E-state index in [4.69, 9.17) is 20.1 Å². The lowest BCUT2D eigenvalue weighted by Gasteiger charge is -2.12. The van der Waals surface area contributed by atoms with Crippen LogP contribution in [0.2, 0.25) is 0 Å². The lowest BCUT2D eigenvalue weighted by atomic mass is 9.97. The first-order valence-electron chi connectivity index (χ1n) is 16.7. The molecule has 0 N–H and O–H groups in total. The molecule has 0 bridgehead atoms. The van der Waals surface area contributed by atoms with E-state index in [0.717, 1.165) is 66.8 Å². The molecular formula is C45H31N5. The van der Waals surface area contributed by atoms with E-state index in [-0.39, 0.29) is 0 Å². The Morgan fingerprint density at radius 2 is 0.840 bits per heavy atom. The van der Waals surface area contributed by atoms with Crippen molar-refractivity contribution in [2.24, 2.45) is 0 Å².